The minimum atomic E-state index is -0.340. The molecule has 2 aromatic carbocycles. The molecule has 1 aliphatic carbocycles. The number of hydrogen-bond donors (Lipinski definition) is 2. The molecule has 6 nitrogen and oxygen atoms in total. The van der Waals surface area contributed by atoms with Gasteiger partial charge in [0.15, 0.2) is 18.1 Å². The van der Waals surface area contributed by atoms with E-state index in [1.807, 2.05) is 19.1 Å². The number of fused-ring (bicyclic) bond motifs is 1. The Kier molecular flexibility index (Phi) is 6.30. The van der Waals surface area contributed by atoms with Crippen molar-refractivity contribution in [3.05, 3.63) is 53.1 Å². The highest BCUT2D eigenvalue weighted by Gasteiger charge is 2.10. The van der Waals surface area contributed by atoms with Gasteiger partial charge in [-0.3, -0.25) is 4.79 Å². The number of aryl methyl sites for hydroxylation is 2. The van der Waals surface area contributed by atoms with Crippen LogP contribution < -0.4 is 14.9 Å². The van der Waals surface area contributed by atoms with E-state index in [1.165, 1.54) is 36.2 Å². The second-order valence-corrected chi connectivity index (χ2v) is 6.38. The first-order valence-corrected chi connectivity index (χ1v) is 9.18. The lowest BCUT2D eigenvalue weighted by Crippen LogP contribution is -2.24. The van der Waals surface area contributed by atoms with Crippen LogP contribution in [-0.4, -0.2) is 30.4 Å². The third kappa shape index (κ3) is 5.23. The van der Waals surface area contributed by atoms with Crippen LogP contribution in [-0.2, 0) is 17.6 Å². The van der Waals surface area contributed by atoms with Crippen LogP contribution in [0.3, 0.4) is 0 Å². The Morgan fingerprint density at radius 3 is 2.78 bits per heavy atom. The summed E-state index contributed by atoms with van der Waals surface area (Å²) in [6.07, 6.45) is 6.11. The zero-order valence-electron chi connectivity index (χ0n) is 15.4. The van der Waals surface area contributed by atoms with Crippen LogP contribution in [0.4, 0.5) is 0 Å². The molecule has 0 saturated heterocycles. The largest absolute Gasteiger partial charge is 0.504 e. The third-order valence-electron chi connectivity index (χ3n) is 4.38. The van der Waals surface area contributed by atoms with Crippen LogP contribution in [0.2, 0.25) is 0 Å². The van der Waals surface area contributed by atoms with Crippen LogP contribution in [0.5, 0.6) is 17.2 Å². The number of aromatic hydroxyl groups is 1. The van der Waals surface area contributed by atoms with Gasteiger partial charge in [-0.05, 0) is 79.6 Å². The molecule has 3 rings (SSSR count). The van der Waals surface area contributed by atoms with Crippen molar-refractivity contribution in [2.24, 2.45) is 5.10 Å². The van der Waals surface area contributed by atoms with E-state index in [9.17, 15) is 9.90 Å². The van der Waals surface area contributed by atoms with Gasteiger partial charge >= 0.3 is 0 Å². The summed E-state index contributed by atoms with van der Waals surface area (Å²) in [6.45, 7) is 2.18. The molecule has 0 aliphatic heterocycles. The normalized spacial score (nSPS) is 13.2. The maximum atomic E-state index is 11.9. The monoisotopic (exact) mass is 368 g/mol. The summed E-state index contributed by atoms with van der Waals surface area (Å²) < 4.78 is 10.9. The highest BCUT2D eigenvalue weighted by Crippen LogP contribution is 2.26. The maximum absolute atomic E-state index is 11.9. The van der Waals surface area contributed by atoms with E-state index in [0.29, 0.717) is 23.7 Å². The number of ether oxygens (including phenoxy) is 2. The van der Waals surface area contributed by atoms with Crippen LogP contribution in [0.25, 0.3) is 0 Å². The molecular weight excluding hydrogens is 344 g/mol. The summed E-state index contributed by atoms with van der Waals surface area (Å²) in [5, 5.41) is 13.6. The number of phenols is 1. The van der Waals surface area contributed by atoms with Gasteiger partial charge in [0.2, 0.25) is 0 Å². The van der Waals surface area contributed by atoms with Crippen molar-refractivity contribution >= 4 is 12.1 Å². The second kappa shape index (κ2) is 9.07. The zero-order chi connectivity index (χ0) is 19.1. The Bertz CT molecular complexity index is 833. The van der Waals surface area contributed by atoms with Crippen LogP contribution in [0.1, 0.15) is 36.5 Å². The van der Waals surface area contributed by atoms with E-state index in [1.54, 1.807) is 12.1 Å². The molecule has 0 bridgehead atoms. The summed E-state index contributed by atoms with van der Waals surface area (Å²) in [5.41, 5.74) is 5.83. The van der Waals surface area contributed by atoms with Gasteiger partial charge in [0, 0.05) is 0 Å². The van der Waals surface area contributed by atoms with E-state index < -0.39 is 0 Å². The van der Waals surface area contributed by atoms with Gasteiger partial charge in [-0.25, -0.2) is 5.43 Å². The number of carbonyl (C=O) groups excluding carboxylic acids is 1. The van der Waals surface area contributed by atoms with E-state index in [-0.39, 0.29) is 18.3 Å². The van der Waals surface area contributed by atoms with Crippen molar-refractivity contribution in [2.75, 3.05) is 13.2 Å². The Morgan fingerprint density at radius 1 is 1.15 bits per heavy atom. The first-order chi connectivity index (χ1) is 13.2. The molecule has 0 radical (unpaired) electrons. The van der Waals surface area contributed by atoms with Crippen molar-refractivity contribution in [2.45, 2.75) is 32.6 Å². The fourth-order valence-electron chi connectivity index (χ4n) is 3.04. The molecular formula is C21H24N2O4. The highest BCUT2D eigenvalue weighted by molar-refractivity contribution is 5.83. The van der Waals surface area contributed by atoms with Crippen molar-refractivity contribution < 1.29 is 19.4 Å². The number of hydrazone groups is 1. The SMILES string of the molecule is CCOc1cc(/C=N/NC(=O)COc2ccc3c(c2)CCCC3)ccc1O. The van der Waals surface area contributed by atoms with Crippen molar-refractivity contribution in [1.82, 2.24) is 5.43 Å². The lowest BCUT2D eigenvalue weighted by molar-refractivity contribution is -0.123. The molecule has 0 saturated carbocycles. The van der Waals surface area contributed by atoms with Gasteiger partial charge in [0.05, 0.1) is 12.8 Å². The fourth-order valence-corrected chi connectivity index (χ4v) is 3.04. The lowest BCUT2D eigenvalue weighted by Gasteiger charge is -2.16. The Labute approximate surface area is 158 Å². The number of carbonyl (C=O) groups is 1. The average molecular weight is 368 g/mol. The van der Waals surface area contributed by atoms with Gasteiger partial charge in [0.25, 0.3) is 5.91 Å². The number of nitrogens with zero attached hydrogens (tertiary/aromatic N) is 1. The van der Waals surface area contributed by atoms with E-state index in [4.69, 9.17) is 9.47 Å². The summed E-state index contributed by atoms with van der Waals surface area (Å²) in [4.78, 5) is 11.9. The number of amides is 1. The minimum Gasteiger partial charge on any atom is -0.504 e. The number of hydrogen-bond acceptors (Lipinski definition) is 5. The van der Waals surface area contributed by atoms with Crippen LogP contribution in [0, 0.1) is 0 Å². The fraction of sp³-hybridized carbons (Fsp3) is 0.333. The van der Waals surface area contributed by atoms with Crippen LogP contribution >= 0.6 is 0 Å². The summed E-state index contributed by atoms with van der Waals surface area (Å²) in [5.74, 6) is 0.808. The van der Waals surface area contributed by atoms with E-state index >= 15 is 0 Å². The Hall–Kier alpha value is -3.02. The molecule has 0 fully saturated rings. The van der Waals surface area contributed by atoms with Gasteiger partial charge in [-0.15, -0.1) is 0 Å². The highest BCUT2D eigenvalue weighted by atomic mass is 16.5. The molecule has 6 heteroatoms. The molecule has 0 spiro atoms. The van der Waals surface area contributed by atoms with Crippen molar-refractivity contribution in [3.8, 4) is 17.2 Å². The molecule has 0 aromatic heterocycles. The predicted molar refractivity (Wildman–Crippen MR) is 104 cm³/mol. The van der Waals surface area contributed by atoms with Gasteiger partial charge in [0.1, 0.15) is 5.75 Å². The van der Waals surface area contributed by atoms with E-state index in [2.05, 4.69) is 16.6 Å². The number of nitrogens with one attached hydrogen (secondary N) is 1. The minimum absolute atomic E-state index is 0.0662. The van der Waals surface area contributed by atoms with Gasteiger partial charge in [-0.1, -0.05) is 6.07 Å². The van der Waals surface area contributed by atoms with E-state index in [0.717, 1.165) is 12.8 Å². The molecule has 2 N–H and O–H groups in total. The molecule has 2 aromatic rings. The Morgan fingerprint density at radius 2 is 1.96 bits per heavy atom. The zero-order valence-corrected chi connectivity index (χ0v) is 15.4. The maximum Gasteiger partial charge on any atom is 0.277 e. The first-order valence-electron chi connectivity index (χ1n) is 9.18. The smallest absolute Gasteiger partial charge is 0.277 e. The van der Waals surface area contributed by atoms with Gasteiger partial charge in [-0.2, -0.15) is 5.10 Å². The Balaban J connectivity index is 1.49. The standard InChI is InChI=1S/C21H24N2O4/c1-2-26-20-11-15(7-10-19(20)24)13-22-23-21(25)14-27-18-9-8-16-5-3-4-6-17(16)12-18/h7-13,24H,2-6,14H2,1H3,(H,23,25)/b22-13+. The second-order valence-electron chi connectivity index (χ2n) is 6.38. The third-order valence-corrected chi connectivity index (χ3v) is 4.38. The van der Waals surface area contributed by atoms with Crippen molar-refractivity contribution in [3.63, 3.8) is 0 Å². The van der Waals surface area contributed by atoms with Crippen molar-refractivity contribution in [1.29, 1.82) is 0 Å². The molecule has 0 atom stereocenters. The molecule has 0 heterocycles. The predicted octanol–water partition coefficient (Wildman–Crippen LogP) is 3.20. The van der Waals surface area contributed by atoms with Gasteiger partial charge < -0.3 is 14.6 Å². The number of benzene rings is 2. The summed E-state index contributed by atoms with van der Waals surface area (Å²) >= 11 is 0. The van der Waals surface area contributed by atoms with Crippen LogP contribution in [0.15, 0.2) is 41.5 Å². The topological polar surface area (TPSA) is 80.2 Å². The molecule has 0 unspecified atom stereocenters. The summed E-state index contributed by atoms with van der Waals surface area (Å²) in [7, 11) is 0. The molecule has 27 heavy (non-hydrogen) atoms. The quantitative estimate of drug-likeness (QED) is 0.581. The average Bonchev–Trinajstić information content (AvgIpc) is 2.69. The molecule has 142 valence electrons. The number of phenolic OH excluding ortho intramolecular Hbond substituents is 1. The molecule has 1 amide bonds. The lowest BCUT2D eigenvalue weighted by atomic mass is 9.92. The number of rotatable bonds is 7. The first kappa shape index (κ1) is 18.8. The summed E-state index contributed by atoms with van der Waals surface area (Å²) in [6, 6.07) is 10.9. The molecule has 1 aliphatic rings.